The molecule has 0 saturated heterocycles. The lowest BCUT2D eigenvalue weighted by Crippen LogP contribution is -2.46. The van der Waals surface area contributed by atoms with Crippen LogP contribution in [0.4, 0.5) is 5.69 Å². The first-order chi connectivity index (χ1) is 14.6. The summed E-state index contributed by atoms with van der Waals surface area (Å²) in [5, 5.41) is 8.67. The third-order valence-corrected chi connectivity index (χ3v) is 5.79. The number of aromatic nitrogens is 3. The van der Waals surface area contributed by atoms with Gasteiger partial charge in [0, 0.05) is 23.3 Å². The number of amides is 2. The summed E-state index contributed by atoms with van der Waals surface area (Å²) in [6.45, 7) is 1.98. The second-order valence-corrected chi connectivity index (χ2v) is 8.06. The van der Waals surface area contributed by atoms with Gasteiger partial charge in [-0.25, -0.2) is 0 Å². The van der Waals surface area contributed by atoms with E-state index < -0.39 is 6.04 Å². The highest BCUT2D eigenvalue weighted by molar-refractivity contribution is 7.03. The van der Waals surface area contributed by atoms with Gasteiger partial charge in [-0.05, 0) is 55.6 Å². The van der Waals surface area contributed by atoms with Gasteiger partial charge in [-0.15, -0.1) is 5.10 Å². The molecule has 7 nitrogen and oxygen atoms in total. The zero-order valence-electron chi connectivity index (χ0n) is 16.7. The summed E-state index contributed by atoms with van der Waals surface area (Å²) in [4.78, 5) is 32.8. The van der Waals surface area contributed by atoms with E-state index >= 15 is 0 Å². The van der Waals surface area contributed by atoms with Crippen LogP contribution in [0.1, 0.15) is 53.5 Å². The number of nitrogens with zero attached hydrogens (tertiary/aromatic N) is 4. The second-order valence-electron chi connectivity index (χ2n) is 7.45. The maximum absolute atomic E-state index is 13.5. The molecule has 0 spiro atoms. The number of carbonyl (C=O) groups excluding carboxylic acids is 2. The molecule has 2 heterocycles. The minimum atomic E-state index is -0.913. The van der Waals surface area contributed by atoms with Gasteiger partial charge in [0.15, 0.2) is 11.7 Å². The lowest BCUT2D eigenvalue weighted by atomic mass is 10.1. The topological polar surface area (TPSA) is 88.1 Å². The maximum Gasteiger partial charge on any atom is 0.280 e. The quantitative estimate of drug-likeness (QED) is 0.656. The Hall–Kier alpha value is -3.13. The number of hydrogen-bond acceptors (Lipinski definition) is 6. The smallest absolute Gasteiger partial charge is 0.280 e. The van der Waals surface area contributed by atoms with Crippen molar-refractivity contribution in [1.29, 1.82) is 0 Å². The van der Waals surface area contributed by atoms with Crippen molar-refractivity contribution in [2.45, 2.75) is 44.7 Å². The number of carbonyl (C=O) groups is 2. The predicted octanol–water partition coefficient (Wildman–Crippen LogP) is 3.69. The molecular weight excluding hydrogens is 398 g/mol. The first kappa shape index (κ1) is 20.2. The zero-order chi connectivity index (χ0) is 20.9. The van der Waals surface area contributed by atoms with Crippen molar-refractivity contribution < 1.29 is 9.59 Å². The van der Waals surface area contributed by atoms with E-state index in [0.29, 0.717) is 11.4 Å². The highest BCUT2D eigenvalue weighted by atomic mass is 32.1. The monoisotopic (exact) mass is 421 g/mol. The molecule has 0 bridgehead atoms. The first-order valence-electron chi connectivity index (χ1n) is 10.0. The van der Waals surface area contributed by atoms with Gasteiger partial charge in [0.2, 0.25) is 5.91 Å². The molecule has 30 heavy (non-hydrogen) atoms. The molecule has 3 aromatic rings. The van der Waals surface area contributed by atoms with Crippen molar-refractivity contribution in [3.8, 4) is 0 Å². The van der Waals surface area contributed by atoms with Crippen LogP contribution in [0.3, 0.4) is 0 Å². The van der Waals surface area contributed by atoms with Gasteiger partial charge in [-0.1, -0.05) is 41.1 Å². The van der Waals surface area contributed by atoms with Gasteiger partial charge in [0.05, 0.1) is 5.69 Å². The van der Waals surface area contributed by atoms with Crippen molar-refractivity contribution in [3.05, 3.63) is 71.0 Å². The molecule has 8 heteroatoms. The fourth-order valence-electron chi connectivity index (χ4n) is 3.74. The molecule has 1 N–H and O–H groups in total. The molecule has 0 radical (unpaired) electrons. The third kappa shape index (κ3) is 4.38. The number of rotatable bonds is 6. The van der Waals surface area contributed by atoms with Crippen LogP contribution >= 0.6 is 11.5 Å². The average Bonchev–Trinajstić information content (AvgIpc) is 3.47. The van der Waals surface area contributed by atoms with Crippen LogP contribution in [0, 0.1) is 6.92 Å². The largest absolute Gasteiger partial charge is 0.351 e. The summed E-state index contributed by atoms with van der Waals surface area (Å²) in [5.74, 6) is -0.623. The normalized spacial score (nSPS) is 15.0. The van der Waals surface area contributed by atoms with Gasteiger partial charge in [-0.3, -0.25) is 19.5 Å². The molecule has 154 valence electrons. The number of benzene rings is 1. The molecular formula is C22H23N5O2S. The summed E-state index contributed by atoms with van der Waals surface area (Å²) in [7, 11) is 0. The number of pyridine rings is 1. The lowest BCUT2D eigenvalue weighted by Gasteiger charge is -2.31. The van der Waals surface area contributed by atoms with Crippen molar-refractivity contribution in [2.75, 3.05) is 4.90 Å². The Morgan fingerprint density at radius 2 is 1.90 bits per heavy atom. The molecule has 1 aliphatic rings. The molecule has 1 fully saturated rings. The summed E-state index contributed by atoms with van der Waals surface area (Å²) in [5.41, 5.74) is 2.38. The number of aryl methyl sites for hydroxylation is 1. The number of hydrogen-bond donors (Lipinski definition) is 1. The third-order valence-electron chi connectivity index (χ3n) is 5.29. The van der Waals surface area contributed by atoms with Gasteiger partial charge in [0.1, 0.15) is 0 Å². The van der Waals surface area contributed by atoms with Crippen LogP contribution in [-0.2, 0) is 4.79 Å². The summed E-state index contributed by atoms with van der Waals surface area (Å²) in [6.07, 6.45) is 5.74. The first-order valence-corrected chi connectivity index (χ1v) is 10.9. The van der Waals surface area contributed by atoms with Gasteiger partial charge in [-0.2, -0.15) is 0 Å². The van der Waals surface area contributed by atoms with E-state index in [1.807, 2.05) is 37.3 Å². The second kappa shape index (κ2) is 9.13. The van der Waals surface area contributed by atoms with Crippen LogP contribution < -0.4 is 10.2 Å². The Morgan fingerprint density at radius 3 is 2.53 bits per heavy atom. The van der Waals surface area contributed by atoms with Gasteiger partial charge in [0.25, 0.3) is 5.91 Å². The molecule has 0 unspecified atom stereocenters. The molecule has 1 atom stereocenters. The highest BCUT2D eigenvalue weighted by Gasteiger charge is 2.36. The van der Waals surface area contributed by atoms with Crippen molar-refractivity contribution >= 4 is 29.0 Å². The van der Waals surface area contributed by atoms with Crippen molar-refractivity contribution in [3.63, 3.8) is 0 Å². The SMILES string of the molecule is Cc1ccc(N(C(=O)c2csnn2)[C@H](C(=O)NC2CCCC2)c2ccccn2)cc1. The van der Waals surface area contributed by atoms with E-state index in [4.69, 9.17) is 0 Å². The summed E-state index contributed by atoms with van der Waals surface area (Å²) in [6, 6.07) is 12.1. The maximum atomic E-state index is 13.5. The van der Waals surface area contributed by atoms with E-state index in [2.05, 4.69) is 19.9 Å². The Bertz CT molecular complexity index is 986. The van der Waals surface area contributed by atoms with Crippen LogP contribution in [0.2, 0.25) is 0 Å². The predicted molar refractivity (Wildman–Crippen MR) is 115 cm³/mol. The minimum absolute atomic E-state index is 0.125. The van der Waals surface area contributed by atoms with E-state index in [0.717, 1.165) is 42.8 Å². The van der Waals surface area contributed by atoms with Crippen LogP contribution in [0.25, 0.3) is 0 Å². The van der Waals surface area contributed by atoms with Crippen molar-refractivity contribution in [1.82, 2.24) is 19.9 Å². The molecule has 1 aliphatic carbocycles. The molecule has 2 amide bonds. The van der Waals surface area contributed by atoms with Gasteiger partial charge >= 0.3 is 0 Å². The minimum Gasteiger partial charge on any atom is -0.351 e. The van der Waals surface area contributed by atoms with Crippen LogP contribution in [0.15, 0.2) is 54.0 Å². The van der Waals surface area contributed by atoms with E-state index in [1.165, 1.54) is 4.90 Å². The van der Waals surface area contributed by atoms with Crippen LogP contribution in [-0.4, -0.2) is 32.4 Å². The zero-order valence-corrected chi connectivity index (χ0v) is 17.5. The Balaban J connectivity index is 1.78. The van der Waals surface area contributed by atoms with Crippen molar-refractivity contribution in [2.24, 2.45) is 0 Å². The van der Waals surface area contributed by atoms with Crippen LogP contribution in [0.5, 0.6) is 0 Å². The number of nitrogens with one attached hydrogen (secondary N) is 1. The molecule has 1 saturated carbocycles. The van der Waals surface area contributed by atoms with E-state index in [1.54, 1.807) is 23.7 Å². The summed E-state index contributed by atoms with van der Waals surface area (Å²) < 4.78 is 3.82. The molecule has 2 aromatic heterocycles. The lowest BCUT2D eigenvalue weighted by molar-refractivity contribution is -0.123. The van der Waals surface area contributed by atoms with E-state index in [-0.39, 0.29) is 23.6 Å². The Kier molecular flexibility index (Phi) is 6.13. The molecule has 0 aliphatic heterocycles. The Morgan fingerprint density at radius 1 is 1.13 bits per heavy atom. The standard InChI is InChI=1S/C22H23N5O2S/c1-15-9-11-17(12-10-15)27(22(29)19-14-30-26-25-19)20(18-8-4-5-13-23-18)21(28)24-16-6-2-3-7-16/h4-5,8-14,16,20H,2-3,6-7H2,1H3,(H,24,28)/t20-/m0/s1. The fraction of sp³-hybridized carbons (Fsp3) is 0.318. The fourth-order valence-corrected chi connectivity index (χ4v) is 4.17. The summed E-state index contributed by atoms with van der Waals surface area (Å²) >= 11 is 1.10. The molecule has 1 aromatic carbocycles. The number of anilines is 1. The highest BCUT2D eigenvalue weighted by Crippen LogP contribution is 2.30. The average molecular weight is 422 g/mol. The Labute approximate surface area is 179 Å². The molecule has 4 rings (SSSR count). The van der Waals surface area contributed by atoms with E-state index in [9.17, 15) is 9.59 Å². The van der Waals surface area contributed by atoms with Gasteiger partial charge < -0.3 is 5.32 Å².